The van der Waals surface area contributed by atoms with Crippen LogP contribution in [0.2, 0.25) is 0 Å². The number of aromatic nitrogens is 1. The molecule has 3 fully saturated rings. The fourth-order valence-corrected chi connectivity index (χ4v) is 12.2. The summed E-state index contributed by atoms with van der Waals surface area (Å²) < 4.78 is 23.3. The van der Waals surface area contributed by atoms with Gasteiger partial charge in [-0.05, 0) is 76.9 Å². The van der Waals surface area contributed by atoms with E-state index >= 15 is 0 Å². The smallest absolute Gasteiger partial charge is 0.409 e. The zero-order chi connectivity index (χ0) is 41.3. The number of fused-ring (bicyclic) bond motifs is 6. The lowest BCUT2D eigenvalue weighted by Crippen LogP contribution is -2.72. The molecule has 2 aliphatic heterocycles. The largest absolute Gasteiger partial charge is 0.524 e. The van der Waals surface area contributed by atoms with Crippen LogP contribution in [-0.4, -0.2) is 70.0 Å². The van der Waals surface area contributed by atoms with E-state index in [2.05, 4.69) is 18.8 Å². The number of amides is 3. The number of carbonyl (C=O) groups is 3. The summed E-state index contributed by atoms with van der Waals surface area (Å²) in [4.78, 5) is 71.8. The molecule has 5 aliphatic rings. The van der Waals surface area contributed by atoms with Gasteiger partial charge in [0.25, 0.3) is 0 Å². The Morgan fingerprint density at radius 1 is 0.797 bits per heavy atom. The van der Waals surface area contributed by atoms with Crippen molar-refractivity contribution in [2.75, 3.05) is 42.2 Å². The second-order valence-electron chi connectivity index (χ2n) is 16.3. The van der Waals surface area contributed by atoms with E-state index < -0.39 is 24.7 Å². The summed E-state index contributed by atoms with van der Waals surface area (Å²) in [5, 5.41) is 4.06. The third-order valence-corrected chi connectivity index (χ3v) is 15.4. The highest BCUT2D eigenvalue weighted by Gasteiger charge is 2.76. The molecule has 0 saturated heterocycles. The van der Waals surface area contributed by atoms with E-state index in [9.17, 15) is 28.7 Å². The highest BCUT2D eigenvalue weighted by Crippen LogP contribution is 2.75. The maximum Gasteiger partial charge on any atom is 0.524 e. The lowest BCUT2D eigenvalue weighted by molar-refractivity contribution is -0.205. The Balaban J connectivity index is 0.940. The summed E-state index contributed by atoms with van der Waals surface area (Å²) >= 11 is 0. The van der Waals surface area contributed by atoms with Gasteiger partial charge in [0.15, 0.2) is 0 Å². The minimum absolute atomic E-state index is 0.00642. The van der Waals surface area contributed by atoms with E-state index in [1.54, 1.807) is 62.8 Å². The van der Waals surface area contributed by atoms with Gasteiger partial charge in [-0.15, -0.1) is 0 Å². The second kappa shape index (κ2) is 15.1. The Morgan fingerprint density at radius 3 is 1.81 bits per heavy atom. The van der Waals surface area contributed by atoms with Crippen LogP contribution in [0.25, 0.3) is 21.5 Å². The van der Waals surface area contributed by atoms with Gasteiger partial charge < -0.3 is 24.0 Å². The van der Waals surface area contributed by atoms with E-state index in [-0.39, 0.29) is 29.4 Å². The first kappa shape index (κ1) is 39.8. The Labute approximate surface area is 350 Å². The Bertz CT molecular complexity index is 2550. The summed E-state index contributed by atoms with van der Waals surface area (Å²) in [6.45, 7) is 5.62. The normalized spacial score (nSPS) is 22.7. The van der Waals surface area contributed by atoms with Crippen LogP contribution in [0.15, 0.2) is 90.1 Å². The van der Waals surface area contributed by atoms with Gasteiger partial charge in [0, 0.05) is 73.4 Å². The number of hydrogen-bond donors (Lipinski definition) is 2. The summed E-state index contributed by atoms with van der Waals surface area (Å²) in [7, 11) is 0.00404. The minimum atomic E-state index is -4.88. The number of phosphoric ester groups is 1. The predicted octanol–water partition coefficient (Wildman–Crippen LogP) is 9.28. The minimum Gasteiger partial charge on any atom is -0.409 e. The van der Waals surface area contributed by atoms with Gasteiger partial charge in [0.1, 0.15) is 16.5 Å². The highest BCUT2D eigenvalue weighted by molar-refractivity contribution is 8.76. The van der Waals surface area contributed by atoms with Gasteiger partial charge in [-0.3, -0.25) is 19.4 Å². The summed E-state index contributed by atoms with van der Waals surface area (Å²) in [5.74, 6) is 1.17. The van der Waals surface area contributed by atoms with Gasteiger partial charge in [-0.25, -0.2) is 14.3 Å². The number of phosphoric acid groups is 1. The molecule has 306 valence electrons. The molecular weight excluding hydrogens is 808 g/mol. The van der Waals surface area contributed by atoms with Crippen molar-refractivity contribution < 1.29 is 38.0 Å². The monoisotopic (exact) mass is 852 g/mol. The lowest BCUT2D eigenvalue weighted by atomic mass is 9.34. The number of carbonyl (C=O) groups excluding carboxylic acids is 3. The molecule has 3 aliphatic carbocycles. The average Bonchev–Trinajstić information content (AvgIpc) is 3.77. The third kappa shape index (κ3) is 6.86. The van der Waals surface area contributed by atoms with Crippen molar-refractivity contribution in [3.05, 3.63) is 96.2 Å². The maximum atomic E-state index is 14.7. The molecule has 0 unspecified atom stereocenters. The SMILES string of the molecule is CC[C@@H]1CN(C(=O)C23CC(C(=O)N4C[C@@H](CC)c5c4cc(OP(=O)(O)O)c4ccccc54)(C2)C3)c2cc(OC(=O)N(C)CCSSc3ccccn3)c3ccccc3c21. The first-order chi connectivity index (χ1) is 28.3. The molecule has 5 aromatic rings. The van der Waals surface area contributed by atoms with Crippen LogP contribution >= 0.6 is 29.4 Å². The van der Waals surface area contributed by atoms with Gasteiger partial charge in [0.2, 0.25) is 11.8 Å². The number of nitrogens with zero attached hydrogens (tertiary/aromatic N) is 4. The number of rotatable bonds is 12. The molecular formula is C44H45N4O8PS2. The molecule has 2 atom stereocenters. The highest BCUT2D eigenvalue weighted by atomic mass is 33.1. The van der Waals surface area contributed by atoms with Crippen LogP contribution in [0.1, 0.15) is 68.9 Å². The third-order valence-electron chi connectivity index (χ3n) is 12.7. The first-order valence-corrected chi connectivity index (χ1v) is 23.8. The van der Waals surface area contributed by atoms with Gasteiger partial charge in [0.05, 0.1) is 22.2 Å². The molecule has 3 heterocycles. The van der Waals surface area contributed by atoms with Gasteiger partial charge in [-0.2, -0.15) is 0 Å². The molecule has 12 nitrogen and oxygen atoms in total. The molecule has 2 bridgehead atoms. The summed E-state index contributed by atoms with van der Waals surface area (Å²) in [6.07, 6.45) is 4.15. The summed E-state index contributed by atoms with van der Waals surface area (Å²) in [5.41, 5.74) is 2.04. The standard InChI is InChI=1S/C44H45N4O8PS2/c1-4-27-22-47(33-20-35(29-12-6-8-14-31(29)38(27)33)55-42(51)46(3)18-19-58-59-37-16-10-11-17-45-37)40(49)43-24-44(25-43,26-43)41(50)48-23-28(5-2)39-32-15-9-7-13-30(32)36(21-34(39)48)56-57(52,53)54/h6-17,20-21,27-28H,4-5,18-19,22-26H2,1-3H3,(H2,52,53,54)/t27-,28-,43?,44?/m1/s1. The van der Waals surface area contributed by atoms with Crippen molar-refractivity contribution in [2.24, 2.45) is 10.8 Å². The molecule has 2 N–H and O–H groups in total. The topological polar surface area (TPSA) is 150 Å². The van der Waals surface area contributed by atoms with Crippen LogP contribution in [-0.2, 0) is 14.2 Å². The number of pyridine rings is 1. The van der Waals surface area contributed by atoms with E-state index in [1.165, 1.54) is 0 Å². The zero-order valence-electron chi connectivity index (χ0n) is 33.0. The molecule has 0 spiro atoms. The molecule has 3 amide bonds. The van der Waals surface area contributed by atoms with E-state index in [0.717, 1.165) is 50.8 Å². The van der Waals surface area contributed by atoms with E-state index in [4.69, 9.17) is 9.26 Å². The molecule has 1 aromatic heterocycles. The quantitative estimate of drug-likeness (QED) is 0.0703. The fourth-order valence-electron chi connectivity index (χ4n) is 9.91. The van der Waals surface area contributed by atoms with Crippen LogP contribution in [0.5, 0.6) is 11.5 Å². The van der Waals surface area contributed by atoms with Gasteiger partial charge in [-0.1, -0.05) is 79.2 Å². The zero-order valence-corrected chi connectivity index (χ0v) is 35.5. The molecule has 15 heteroatoms. The van der Waals surface area contributed by atoms with Crippen LogP contribution in [0.4, 0.5) is 16.2 Å². The van der Waals surface area contributed by atoms with Crippen LogP contribution < -0.4 is 19.1 Å². The molecule has 3 saturated carbocycles. The van der Waals surface area contributed by atoms with E-state index in [0.29, 0.717) is 61.5 Å². The molecule has 10 rings (SSSR count). The van der Waals surface area contributed by atoms with Crippen LogP contribution in [0.3, 0.4) is 0 Å². The summed E-state index contributed by atoms with van der Waals surface area (Å²) in [6, 6.07) is 24.4. The maximum absolute atomic E-state index is 14.7. The Morgan fingerprint density at radius 2 is 1.31 bits per heavy atom. The van der Waals surface area contributed by atoms with Crippen molar-refractivity contribution in [3.8, 4) is 11.5 Å². The fraction of sp³-hybridized carbons (Fsp3) is 0.364. The molecule has 59 heavy (non-hydrogen) atoms. The van der Waals surface area contributed by atoms with Crippen molar-refractivity contribution >= 4 is 80.2 Å². The lowest BCUT2D eigenvalue weighted by Gasteiger charge is -2.69. The Kier molecular flexibility index (Phi) is 10.2. The second-order valence-corrected chi connectivity index (χ2v) is 19.9. The van der Waals surface area contributed by atoms with Crippen molar-refractivity contribution in [3.63, 3.8) is 0 Å². The number of benzene rings is 4. The molecule has 0 radical (unpaired) electrons. The van der Waals surface area contributed by atoms with E-state index in [1.807, 2.05) is 65.6 Å². The average molecular weight is 853 g/mol. The van der Waals surface area contributed by atoms with Crippen molar-refractivity contribution in [2.45, 2.75) is 62.8 Å². The number of ether oxygens (including phenoxy) is 1. The van der Waals surface area contributed by atoms with Gasteiger partial charge >= 0.3 is 13.9 Å². The predicted molar refractivity (Wildman–Crippen MR) is 231 cm³/mol. The molecule has 4 aromatic carbocycles. The number of anilines is 2. The van der Waals surface area contributed by atoms with Crippen LogP contribution in [0, 0.1) is 10.8 Å². The van der Waals surface area contributed by atoms with Crippen molar-refractivity contribution in [1.29, 1.82) is 0 Å². The van der Waals surface area contributed by atoms with Crippen molar-refractivity contribution in [1.82, 2.24) is 9.88 Å². The first-order valence-electron chi connectivity index (χ1n) is 20.0. The number of hydrogen-bond acceptors (Lipinski definition) is 9. The Hall–Kier alpha value is -4.59.